The molecule has 0 saturated heterocycles. The Balaban J connectivity index is 2.11. The van der Waals surface area contributed by atoms with E-state index in [2.05, 4.69) is 0 Å². The molecule has 0 aliphatic carbocycles. The Hall–Kier alpha value is -2.43. The highest BCUT2D eigenvalue weighted by molar-refractivity contribution is 5.34. The fourth-order valence-corrected chi connectivity index (χ4v) is 2.22. The summed E-state index contributed by atoms with van der Waals surface area (Å²) in [5.74, 6) is 0. The Morgan fingerprint density at radius 2 is 1.85 bits per heavy atom. The van der Waals surface area contributed by atoms with E-state index in [0.29, 0.717) is 12.2 Å². The summed E-state index contributed by atoms with van der Waals surface area (Å²) in [6.07, 6.45) is 1.61. The van der Waals surface area contributed by atoms with E-state index in [0.717, 1.165) is 12.8 Å². The number of rotatable bonds is 5. The average molecular weight is 272 g/mol. The zero-order chi connectivity index (χ0) is 14.5. The van der Waals surface area contributed by atoms with Crippen LogP contribution in [-0.4, -0.2) is 9.49 Å². The topological polar surface area (TPSA) is 65.1 Å². The van der Waals surface area contributed by atoms with E-state index in [1.54, 1.807) is 6.92 Å². The van der Waals surface area contributed by atoms with Crippen molar-refractivity contribution < 1.29 is 4.92 Å². The molecule has 1 aromatic heterocycles. The van der Waals surface area contributed by atoms with Gasteiger partial charge in [-0.15, -0.1) is 0 Å². The van der Waals surface area contributed by atoms with E-state index in [1.165, 1.54) is 22.3 Å². The maximum atomic E-state index is 11.8. The van der Waals surface area contributed by atoms with Gasteiger partial charge in [-0.05, 0) is 25.3 Å². The number of pyridine rings is 1. The molecule has 0 N–H and O–H groups in total. The summed E-state index contributed by atoms with van der Waals surface area (Å²) in [5.41, 5.74) is 1.41. The van der Waals surface area contributed by atoms with Gasteiger partial charge in [0.25, 0.3) is 11.2 Å². The van der Waals surface area contributed by atoms with E-state index in [9.17, 15) is 14.9 Å². The molecule has 0 radical (unpaired) electrons. The molecule has 20 heavy (non-hydrogen) atoms. The van der Waals surface area contributed by atoms with Crippen LogP contribution in [-0.2, 0) is 13.0 Å². The number of hydrogen-bond acceptors (Lipinski definition) is 3. The minimum atomic E-state index is -0.456. The number of nitro groups is 1. The fraction of sp³-hybridized carbons (Fsp3) is 0.267. The quantitative estimate of drug-likeness (QED) is 0.621. The lowest BCUT2D eigenvalue weighted by molar-refractivity contribution is -0.386. The molecule has 5 nitrogen and oxygen atoms in total. The number of hydrogen-bond donors (Lipinski definition) is 0. The van der Waals surface area contributed by atoms with Gasteiger partial charge in [-0.2, -0.15) is 0 Å². The third kappa shape index (κ3) is 3.12. The van der Waals surface area contributed by atoms with Crippen LogP contribution in [0.25, 0.3) is 0 Å². The smallest absolute Gasteiger partial charge is 0.288 e. The van der Waals surface area contributed by atoms with Gasteiger partial charge >= 0.3 is 0 Å². The zero-order valence-corrected chi connectivity index (χ0v) is 11.3. The second-order valence-corrected chi connectivity index (χ2v) is 4.64. The second kappa shape index (κ2) is 6.14. The van der Waals surface area contributed by atoms with Crippen molar-refractivity contribution in [3.8, 4) is 0 Å². The molecule has 0 aliphatic heterocycles. The maximum absolute atomic E-state index is 11.8. The van der Waals surface area contributed by atoms with Crippen molar-refractivity contribution in [3.63, 3.8) is 0 Å². The zero-order valence-electron chi connectivity index (χ0n) is 11.3. The molecule has 0 saturated carbocycles. The first kappa shape index (κ1) is 14.0. The molecule has 1 heterocycles. The highest BCUT2D eigenvalue weighted by atomic mass is 16.6. The van der Waals surface area contributed by atoms with Gasteiger partial charge in [0.1, 0.15) is 0 Å². The van der Waals surface area contributed by atoms with Crippen molar-refractivity contribution >= 4 is 5.69 Å². The van der Waals surface area contributed by atoms with Crippen LogP contribution in [0, 0.1) is 17.0 Å². The lowest BCUT2D eigenvalue weighted by atomic mass is 10.1. The molecule has 0 unspecified atom stereocenters. The lowest BCUT2D eigenvalue weighted by Crippen LogP contribution is -2.22. The standard InChI is InChI=1S/C15H16N2O3/c1-12-14(17(19)20)9-10-15(18)16(12)11-5-8-13-6-3-2-4-7-13/h2-4,6-7,9-10H,5,8,11H2,1H3. The largest absolute Gasteiger partial charge is 0.306 e. The van der Waals surface area contributed by atoms with E-state index in [-0.39, 0.29) is 11.2 Å². The molecule has 5 heteroatoms. The fourth-order valence-electron chi connectivity index (χ4n) is 2.22. The molecule has 1 aromatic carbocycles. The molecule has 104 valence electrons. The summed E-state index contributed by atoms with van der Waals surface area (Å²) in [6.45, 7) is 2.10. The summed E-state index contributed by atoms with van der Waals surface area (Å²) >= 11 is 0. The van der Waals surface area contributed by atoms with Crippen molar-refractivity contribution in [1.29, 1.82) is 0 Å². The SMILES string of the molecule is Cc1c([N+](=O)[O-])ccc(=O)n1CCCc1ccccc1. The van der Waals surface area contributed by atoms with Crippen LogP contribution in [0.4, 0.5) is 5.69 Å². The molecule has 0 bridgehead atoms. The van der Waals surface area contributed by atoms with Gasteiger partial charge in [-0.25, -0.2) is 0 Å². The molecular weight excluding hydrogens is 256 g/mol. The summed E-state index contributed by atoms with van der Waals surface area (Å²) in [4.78, 5) is 22.2. The third-order valence-corrected chi connectivity index (χ3v) is 3.31. The predicted molar refractivity (Wildman–Crippen MR) is 76.9 cm³/mol. The van der Waals surface area contributed by atoms with Crippen LogP contribution in [0.5, 0.6) is 0 Å². The van der Waals surface area contributed by atoms with Crippen molar-refractivity contribution in [3.05, 3.63) is 74.2 Å². The van der Waals surface area contributed by atoms with Crippen LogP contribution in [0.2, 0.25) is 0 Å². The summed E-state index contributed by atoms with van der Waals surface area (Å²) in [7, 11) is 0. The molecule has 0 atom stereocenters. The minimum absolute atomic E-state index is 0.00990. The van der Waals surface area contributed by atoms with Gasteiger partial charge in [-0.1, -0.05) is 30.3 Å². The molecule has 0 aliphatic rings. The van der Waals surface area contributed by atoms with Crippen molar-refractivity contribution in [2.24, 2.45) is 0 Å². The van der Waals surface area contributed by atoms with Crippen LogP contribution in [0.15, 0.2) is 47.3 Å². The molecular formula is C15H16N2O3. The van der Waals surface area contributed by atoms with Gasteiger partial charge < -0.3 is 4.57 Å². The van der Waals surface area contributed by atoms with E-state index < -0.39 is 4.92 Å². The minimum Gasteiger partial charge on any atom is -0.306 e. The van der Waals surface area contributed by atoms with E-state index >= 15 is 0 Å². The summed E-state index contributed by atoms with van der Waals surface area (Å²) < 4.78 is 1.47. The van der Waals surface area contributed by atoms with E-state index in [4.69, 9.17) is 0 Å². The Kier molecular flexibility index (Phi) is 4.30. The monoisotopic (exact) mass is 272 g/mol. The van der Waals surface area contributed by atoms with Gasteiger partial charge in [0.2, 0.25) is 0 Å². The Morgan fingerprint density at radius 3 is 2.50 bits per heavy atom. The molecule has 0 spiro atoms. The van der Waals surface area contributed by atoms with Gasteiger partial charge in [0.15, 0.2) is 0 Å². The molecule has 0 amide bonds. The van der Waals surface area contributed by atoms with Crippen molar-refractivity contribution in [2.45, 2.75) is 26.3 Å². The maximum Gasteiger partial charge on any atom is 0.288 e. The first-order valence-electron chi connectivity index (χ1n) is 6.48. The average Bonchev–Trinajstić information content (AvgIpc) is 2.43. The normalized spacial score (nSPS) is 10.4. The second-order valence-electron chi connectivity index (χ2n) is 4.64. The van der Waals surface area contributed by atoms with Gasteiger partial charge in [-0.3, -0.25) is 14.9 Å². The molecule has 2 rings (SSSR count). The van der Waals surface area contributed by atoms with Crippen LogP contribution < -0.4 is 5.56 Å². The van der Waals surface area contributed by atoms with E-state index in [1.807, 2.05) is 30.3 Å². The number of nitrogens with zero attached hydrogens (tertiary/aromatic N) is 2. The number of benzene rings is 1. The highest BCUT2D eigenvalue weighted by Gasteiger charge is 2.14. The summed E-state index contributed by atoms with van der Waals surface area (Å²) in [5, 5.41) is 10.9. The highest BCUT2D eigenvalue weighted by Crippen LogP contribution is 2.15. The van der Waals surface area contributed by atoms with Crippen LogP contribution in [0.3, 0.4) is 0 Å². The van der Waals surface area contributed by atoms with Gasteiger partial charge in [0.05, 0.1) is 10.6 Å². The van der Waals surface area contributed by atoms with Crippen LogP contribution >= 0.6 is 0 Å². The Labute approximate surface area is 116 Å². The van der Waals surface area contributed by atoms with Crippen molar-refractivity contribution in [1.82, 2.24) is 4.57 Å². The lowest BCUT2D eigenvalue weighted by Gasteiger charge is -2.09. The number of aryl methyl sites for hydroxylation is 1. The first-order chi connectivity index (χ1) is 9.59. The molecule has 2 aromatic rings. The van der Waals surface area contributed by atoms with Crippen molar-refractivity contribution in [2.75, 3.05) is 0 Å². The Bertz CT molecular complexity index is 663. The Morgan fingerprint density at radius 1 is 1.15 bits per heavy atom. The number of aromatic nitrogens is 1. The third-order valence-electron chi connectivity index (χ3n) is 3.31. The van der Waals surface area contributed by atoms with Gasteiger partial charge in [0, 0.05) is 18.7 Å². The molecule has 0 fully saturated rings. The first-order valence-corrected chi connectivity index (χ1v) is 6.48. The predicted octanol–water partition coefficient (Wildman–Crippen LogP) is 2.70. The van der Waals surface area contributed by atoms with Crippen LogP contribution in [0.1, 0.15) is 17.7 Å². The summed E-state index contributed by atoms with van der Waals surface area (Å²) in [6, 6.07) is 12.5.